The van der Waals surface area contributed by atoms with Crippen molar-refractivity contribution in [1.82, 2.24) is 30.2 Å². The van der Waals surface area contributed by atoms with Crippen LogP contribution in [0.15, 0.2) is 47.3 Å². The van der Waals surface area contributed by atoms with Crippen molar-refractivity contribution in [2.75, 3.05) is 0 Å². The number of aromatic amines is 1. The molecule has 0 spiro atoms. The fourth-order valence-corrected chi connectivity index (χ4v) is 4.21. The van der Waals surface area contributed by atoms with Gasteiger partial charge in [-0.1, -0.05) is 31.5 Å². The van der Waals surface area contributed by atoms with Crippen molar-refractivity contribution in [3.05, 3.63) is 85.9 Å². The summed E-state index contributed by atoms with van der Waals surface area (Å²) >= 11 is 1.64. The number of aryl methyl sites for hydroxylation is 1. The minimum Gasteiger partial charge on any atom is -0.324 e. The molecule has 0 radical (unpaired) electrons. The number of benzene rings is 1. The largest absolute Gasteiger partial charge is 0.324 e. The molecule has 0 aliphatic heterocycles. The lowest BCUT2D eigenvalue weighted by molar-refractivity contribution is -0.385. The number of allylic oxidation sites excluding steroid dienone is 1. The number of tetrazole rings is 1. The van der Waals surface area contributed by atoms with Gasteiger partial charge in [0.2, 0.25) is 0 Å². The maximum absolute atomic E-state index is 11.5. The van der Waals surface area contributed by atoms with Crippen LogP contribution in [0.1, 0.15) is 48.2 Å². The Morgan fingerprint density at radius 1 is 1.31 bits per heavy atom. The van der Waals surface area contributed by atoms with Crippen LogP contribution in [0.5, 0.6) is 0 Å². The number of nitro groups is 1. The second-order valence-corrected chi connectivity index (χ2v) is 8.18. The van der Waals surface area contributed by atoms with Crippen molar-refractivity contribution in [2.24, 2.45) is 0 Å². The van der Waals surface area contributed by atoms with Crippen molar-refractivity contribution in [2.45, 2.75) is 39.2 Å². The normalized spacial score (nSPS) is 11.7. The number of rotatable bonds is 10. The zero-order chi connectivity index (χ0) is 22.3. The lowest BCUT2D eigenvalue weighted by Crippen LogP contribution is -2.09. The van der Waals surface area contributed by atoms with Crippen LogP contribution in [0.25, 0.3) is 11.6 Å². The molecule has 0 saturated carbocycles. The Hall–Kier alpha value is -3.66. The maximum Gasteiger partial charge on any atom is 0.274 e. The number of thiophene rings is 1. The van der Waals surface area contributed by atoms with Crippen LogP contribution in [0.2, 0.25) is 0 Å². The molecule has 0 unspecified atom stereocenters. The van der Waals surface area contributed by atoms with Gasteiger partial charge >= 0.3 is 0 Å². The summed E-state index contributed by atoms with van der Waals surface area (Å²) in [5.74, 6) is 1.49. The van der Waals surface area contributed by atoms with Gasteiger partial charge in [0, 0.05) is 30.0 Å². The molecule has 0 fully saturated rings. The number of nitrogens with one attached hydrogen (secondary N) is 1. The molecule has 3 aromatic heterocycles. The predicted octanol–water partition coefficient (Wildman–Crippen LogP) is 4.54. The van der Waals surface area contributed by atoms with E-state index in [1.807, 2.05) is 23.7 Å². The van der Waals surface area contributed by atoms with Crippen LogP contribution in [-0.4, -0.2) is 35.1 Å². The van der Waals surface area contributed by atoms with E-state index in [4.69, 9.17) is 0 Å². The Morgan fingerprint density at radius 3 is 2.91 bits per heavy atom. The van der Waals surface area contributed by atoms with Crippen LogP contribution < -0.4 is 0 Å². The van der Waals surface area contributed by atoms with E-state index in [-0.39, 0.29) is 10.6 Å². The van der Waals surface area contributed by atoms with Gasteiger partial charge in [0.05, 0.1) is 23.4 Å². The van der Waals surface area contributed by atoms with E-state index in [9.17, 15) is 10.1 Å². The van der Waals surface area contributed by atoms with Gasteiger partial charge in [-0.05, 0) is 45.3 Å². The van der Waals surface area contributed by atoms with E-state index in [1.165, 1.54) is 6.07 Å². The summed E-state index contributed by atoms with van der Waals surface area (Å²) in [6.07, 6.45) is 7.31. The maximum atomic E-state index is 11.5. The molecule has 4 aromatic rings. The fourth-order valence-electron chi connectivity index (χ4n) is 3.54. The molecular formula is C22H23N7O2S. The van der Waals surface area contributed by atoms with Gasteiger partial charge in [-0.3, -0.25) is 10.1 Å². The summed E-state index contributed by atoms with van der Waals surface area (Å²) in [7, 11) is 0. The Balaban J connectivity index is 1.76. The van der Waals surface area contributed by atoms with Crippen molar-refractivity contribution >= 4 is 28.7 Å². The molecule has 0 aliphatic rings. The van der Waals surface area contributed by atoms with E-state index in [2.05, 4.69) is 48.5 Å². The third-order valence-electron chi connectivity index (χ3n) is 5.19. The number of imidazole rings is 1. The van der Waals surface area contributed by atoms with Gasteiger partial charge < -0.3 is 4.57 Å². The van der Waals surface area contributed by atoms with Gasteiger partial charge in [-0.2, -0.15) is 11.3 Å². The minimum atomic E-state index is -0.338. The van der Waals surface area contributed by atoms with Crippen LogP contribution in [-0.2, 0) is 19.4 Å². The molecule has 0 amide bonds. The monoisotopic (exact) mass is 449 g/mol. The summed E-state index contributed by atoms with van der Waals surface area (Å²) in [4.78, 5) is 15.9. The number of hydrogen-bond donors (Lipinski definition) is 1. The van der Waals surface area contributed by atoms with E-state index in [0.717, 1.165) is 41.9 Å². The molecule has 0 atom stereocenters. The van der Waals surface area contributed by atoms with Crippen molar-refractivity contribution in [3.8, 4) is 0 Å². The summed E-state index contributed by atoms with van der Waals surface area (Å²) in [6, 6.07) is 8.91. The summed E-state index contributed by atoms with van der Waals surface area (Å²) in [6.45, 7) is 2.49. The van der Waals surface area contributed by atoms with Crippen LogP contribution in [0, 0.1) is 10.1 Å². The average molecular weight is 450 g/mol. The summed E-state index contributed by atoms with van der Waals surface area (Å²) in [5.41, 5.74) is 3.68. The highest BCUT2D eigenvalue weighted by Gasteiger charge is 2.17. The van der Waals surface area contributed by atoms with Crippen LogP contribution in [0.4, 0.5) is 5.69 Å². The molecule has 1 N–H and O–H groups in total. The zero-order valence-electron chi connectivity index (χ0n) is 17.6. The first kappa shape index (κ1) is 21.6. The van der Waals surface area contributed by atoms with Crippen molar-refractivity contribution in [1.29, 1.82) is 0 Å². The fraction of sp³-hybridized carbons (Fsp3) is 0.273. The van der Waals surface area contributed by atoms with Gasteiger partial charge in [0.25, 0.3) is 5.69 Å². The number of para-hydroxylation sites is 1. The van der Waals surface area contributed by atoms with Crippen molar-refractivity contribution in [3.63, 3.8) is 0 Å². The highest BCUT2D eigenvalue weighted by molar-refractivity contribution is 7.07. The predicted molar refractivity (Wildman–Crippen MR) is 123 cm³/mol. The summed E-state index contributed by atoms with van der Waals surface area (Å²) < 4.78 is 2.05. The lowest BCUT2D eigenvalue weighted by atomic mass is 10.1. The lowest BCUT2D eigenvalue weighted by Gasteiger charge is -2.12. The van der Waals surface area contributed by atoms with Gasteiger partial charge in [0.1, 0.15) is 5.82 Å². The Labute approximate surface area is 189 Å². The molecule has 32 heavy (non-hydrogen) atoms. The molecule has 10 heteroatoms. The van der Waals surface area contributed by atoms with Gasteiger partial charge in [-0.25, -0.2) is 10.1 Å². The number of nitro benzene ring substituents is 1. The first-order valence-electron chi connectivity index (χ1n) is 10.4. The SMILES string of the molecule is CCCCc1ncc(C=C(Cc2ccsc2)c2nnn[nH]2)n1Cc1ccccc1[N+](=O)[O-]. The third-order valence-corrected chi connectivity index (χ3v) is 5.92. The average Bonchev–Trinajstić information content (AvgIpc) is 3.56. The number of nitrogens with zero attached hydrogens (tertiary/aromatic N) is 6. The highest BCUT2D eigenvalue weighted by atomic mass is 32.1. The Bertz CT molecular complexity index is 1200. The molecule has 4 rings (SSSR count). The first-order valence-corrected chi connectivity index (χ1v) is 11.3. The third kappa shape index (κ3) is 4.97. The Kier molecular flexibility index (Phi) is 6.81. The van der Waals surface area contributed by atoms with Crippen molar-refractivity contribution < 1.29 is 4.92 Å². The van der Waals surface area contributed by atoms with E-state index in [1.54, 1.807) is 23.5 Å². The molecule has 164 valence electrons. The Morgan fingerprint density at radius 2 is 2.19 bits per heavy atom. The highest BCUT2D eigenvalue weighted by Crippen LogP contribution is 2.25. The minimum absolute atomic E-state index is 0.107. The molecule has 0 aliphatic carbocycles. The molecule has 1 aromatic carbocycles. The quantitative estimate of drug-likeness (QED) is 0.281. The smallest absolute Gasteiger partial charge is 0.274 e. The number of unbranched alkanes of at least 4 members (excludes halogenated alkanes) is 1. The zero-order valence-corrected chi connectivity index (χ0v) is 18.5. The molecule has 0 bridgehead atoms. The van der Waals surface area contributed by atoms with Gasteiger partial charge in [-0.15, -0.1) is 5.10 Å². The molecular weight excluding hydrogens is 426 g/mol. The number of hydrogen-bond acceptors (Lipinski definition) is 7. The van der Waals surface area contributed by atoms with E-state index >= 15 is 0 Å². The molecule has 9 nitrogen and oxygen atoms in total. The van der Waals surface area contributed by atoms with Gasteiger partial charge in [0.15, 0.2) is 5.82 Å². The molecule has 3 heterocycles. The number of H-pyrrole nitrogens is 1. The second kappa shape index (κ2) is 10.1. The van der Waals surface area contributed by atoms with Crippen LogP contribution in [0.3, 0.4) is 0 Å². The number of aromatic nitrogens is 6. The summed E-state index contributed by atoms with van der Waals surface area (Å²) in [5, 5.41) is 30.1. The standard InChI is InChI=1S/C22H23N7O2S/c1-2-3-8-21-23-13-19(28(21)14-17-6-4-5-7-20(17)29(30)31)12-18(22-24-26-27-25-22)11-16-9-10-32-15-16/h4-7,9-10,12-13,15H,2-3,8,11,14H2,1H3,(H,24,25,26,27). The first-order chi connectivity index (χ1) is 15.7. The van der Waals surface area contributed by atoms with Crippen LogP contribution >= 0.6 is 11.3 Å². The molecule has 0 saturated heterocycles. The van der Waals surface area contributed by atoms with E-state index in [0.29, 0.717) is 24.4 Å². The van der Waals surface area contributed by atoms with E-state index < -0.39 is 0 Å². The second-order valence-electron chi connectivity index (χ2n) is 7.40. The topological polar surface area (TPSA) is 115 Å².